The number of benzene rings is 2. The van der Waals surface area contributed by atoms with Crippen molar-refractivity contribution in [1.29, 1.82) is 0 Å². The van der Waals surface area contributed by atoms with E-state index in [1.165, 1.54) is 6.92 Å². The van der Waals surface area contributed by atoms with Crippen molar-refractivity contribution in [2.45, 2.75) is 31.4 Å². The zero-order valence-electron chi connectivity index (χ0n) is 16.7. The van der Waals surface area contributed by atoms with Crippen LogP contribution in [0.3, 0.4) is 0 Å². The van der Waals surface area contributed by atoms with Crippen molar-refractivity contribution >= 4 is 35.1 Å². The van der Waals surface area contributed by atoms with Gasteiger partial charge in [-0.15, -0.1) is 11.8 Å². The molecule has 0 aliphatic heterocycles. The number of aryl methyl sites for hydroxylation is 2. The van der Waals surface area contributed by atoms with E-state index in [-0.39, 0.29) is 11.8 Å². The standard InChI is InChI=1S/C23H23N3O2S/c1-15-10-16(2)12-19(11-15)26-23(28)20-6-4-5-7-21(20)29-14-18-8-9-24-22(13-18)25-17(3)27/h4-13H,14H2,1-3H3,(H,26,28)(H,24,25,27). The number of hydrogen-bond donors (Lipinski definition) is 2. The molecule has 0 spiro atoms. The normalized spacial score (nSPS) is 10.4. The van der Waals surface area contributed by atoms with E-state index in [2.05, 4.69) is 21.7 Å². The Morgan fingerprint density at radius 2 is 1.69 bits per heavy atom. The van der Waals surface area contributed by atoms with Crippen molar-refractivity contribution in [2.24, 2.45) is 0 Å². The highest BCUT2D eigenvalue weighted by Gasteiger charge is 2.12. The number of carbonyl (C=O) groups is 2. The van der Waals surface area contributed by atoms with Crippen LogP contribution in [0, 0.1) is 13.8 Å². The number of hydrogen-bond acceptors (Lipinski definition) is 4. The number of thioether (sulfide) groups is 1. The van der Waals surface area contributed by atoms with Gasteiger partial charge in [-0.3, -0.25) is 9.59 Å². The molecule has 5 nitrogen and oxygen atoms in total. The highest BCUT2D eigenvalue weighted by atomic mass is 32.2. The van der Waals surface area contributed by atoms with E-state index < -0.39 is 0 Å². The Labute approximate surface area is 175 Å². The molecule has 0 atom stereocenters. The first-order valence-electron chi connectivity index (χ1n) is 9.25. The van der Waals surface area contributed by atoms with Gasteiger partial charge in [0.25, 0.3) is 5.91 Å². The van der Waals surface area contributed by atoms with Crippen molar-refractivity contribution in [3.63, 3.8) is 0 Å². The first-order chi connectivity index (χ1) is 13.9. The molecule has 0 unspecified atom stereocenters. The lowest BCUT2D eigenvalue weighted by Crippen LogP contribution is -2.13. The van der Waals surface area contributed by atoms with Gasteiger partial charge in [0.15, 0.2) is 0 Å². The van der Waals surface area contributed by atoms with Crippen molar-refractivity contribution < 1.29 is 9.59 Å². The summed E-state index contributed by atoms with van der Waals surface area (Å²) >= 11 is 1.57. The largest absolute Gasteiger partial charge is 0.322 e. The predicted molar refractivity (Wildman–Crippen MR) is 118 cm³/mol. The second kappa shape index (κ2) is 9.39. The van der Waals surface area contributed by atoms with Gasteiger partial charge >= 0.3 is 0 Å². The van der Waals surface area contributed by atoms with Crippen molar-refractivity contribution in [3.05, 3.63) is 83.0 Å². The van der Waals surface area contributed by atoms with E-state index in [1.807, 2.05) is 62.4 Å². The summed E-state index contributed by atoms with van der Waals surface area (Å²) in [7, 11) is 0. The topological polar surface area (TPSA) is 71.1 Å². The number of amides is 2. The van der Waals surface area contributed by atoms with Crippen LogP contribution in [-0.4, -0.2) is 16.8 Å². The van der Waals surface area contributed by atoms with E-state index in [1.54, 1.807) is 18.0 Å². The molecular weight excluding hydrogens is 382 g/mol. The highest BCUT2D eigenvalue weighted by molar-refractivity contribution is 7.98. The van der Waals surface area contributed by atoms with Crippen LogP contribution < -0.4 is 10.6 Å². The molecule has 1 heterocycles. The van der Waals surface area contributed by atoms with Crippen molar-refractivity contribution in [1.82, 2.24) is 4.98 Å². The molecule has 0 bridgehead atoms. The Hall–Kier alpha value is -3.12. The van der Waals surface area contributed by atoms with Gasteiger partial charge in [-0.25, -0.2) is 4.98 Å². The van der Waals surface area contributed by atoms with Gasteiger partial charge in [0.2, 0.25) is 5.91 Å². The molecule has 2 amide bonds. The molecule has 0 aliphatic rings. The first kappa shape index (κ1) is 20.6. The molecule has 6 heteroatoms. The Morgan fingerprint density at radius 3 is 2.41 bits per heavy atom. The molecule has 3 aromatic rings. The van der Waals surface area contributed by atoms with Crippen LogP contribution in [0.15, 0.2) is 65.7 Å². The Kier molecular flexibility index (Phi) is 6.67. The van der Waals surface area contributed by atoms with E-state index in [4.69, 9.17) is 0 Å². The molecule has 1 aromatic heterocycles. The molecule has 3 rings (SSSR count). The van der Waals surface area contributed by atoms with E-state index in [9.17, 15) is 9.59 Å². The number of anilines is 2. The summed E-state index contributed by atoms with van der Waals surface area (Å²) in [6, 6.07) is 17.3. The molecular formula is C23H23N3O2S. The van der Waals surface area contributed by atoms with Crippen LogP contribution in [0.2, 0.25) is 0 Å². The molecule has 2 aromatic carbocycles. The van der Waals surface area contributed by atoms with Gasteiger partial charge in [0.05, 0.1) is 5.56 Å². The monoisotopic (exact) mass is 405 g/mol. The second-order valence-corrected chi connectivity index (χ2v) is 7.86. The third kappa shape index (κ3) is 5.93. The van der Waals surface area contributed by atoms with Gasteiger partial charge in [0.1, 0.15) is 5.82 Å². The van der Waals surface area contributed by atoms with Gasteiger partial charge in [0, 0.05) is 29.5 Å². The maximum Gasteiger partial charge on any atom is 0.256 e. The van der Waals surface area contributed by atoms with Gasteiger partial charge in [-0.2, -0.15) is 0 Å². The van der Waals surface area contributed by atoms with Crippen LogP contribution in [0.4, 0.5) is 11.5 Å². The van der Waals surface area contributed by atoms with Gasteiger partial charge in [-0.1, -0.05) is 18.2 Å². The van der Waals surface area contributed by atoms with E-state index in [0.717, 1.165) is 27.3 Å². The first-order valence-corrected chi connectivity index (χ1v) is 10.2. The van der Waals surface area contributed by atoms with Gasteiger partial charge in [-0.05, 0) is 66.9 Å². The minimum absolute atomic E-state index is 0.133. The summed E-state index contributed by atoms with van der Waals surface area (Å²) in [5.41, 5.74) is 4.65. The minimum atomic E-state index is -0.157. The molecule has 0 saturated carbocycles. The number of nitrogens with zero attached hydrogens (tertiary/aromatic N) is 1. The Morgan fingerprint density at radius 1 is 0.966 bits per heavy atom. The summed E-state index contributed by atoms with van der Waals surface area (Å²) in [4.78, 5) is 29.1. The summed E-state index contributed by atoms with van der Waals surface area (Å²) < 4.78 is 0. The van der Waals surface area contributed by atoms with Crippen LogP contribution in [-0.2, 0) is 10.5 Å². The fourth-order valence-corrected chi connectivity index (χ4v) is 3.99. The third-order valence-corrected chi connectivity index (χ3v) is 5.28. The zero-order chi connectivity index (χ0) is 20.8. The SMILES string of the molecule is CC(=O)Nc1cc(CSc2ccccc2C(=O)Nc2cc(C)cc(C)c2)ccn1. The maximum atomic E-state index is 12.9. The molecule has 148 valence electrons. The molecule has 29 heavy (non-hydrogen) atoms. The van der Waals surface area contributed by atoms with Gasteiger partial charge < -0.3 is 10.6 Å². The number of pyridine rings is 1. The summed E-state index contributed by atoms with van der Waals surface area (Å²) in [5.74, 6) is 0.891. The lowest BCUT2D eigenvalue weighted by Gasteiger charge is -2.11. The number of nitrogens with one attached hydrogen (secondary N) is 2. The smallest absolute Gasteiger partial charge is 0.256 e. The lowest BCUT2D eigenvalue weighted by atomic mass is 10.1. The fraction of sp³-hybridized carbons (Fsp3) is 0.174. The molecule has 0 fully saturated rings. The van der Waals surface area contributed by atoms with Crippen LogP contribution in [0.1, 0.15) is 34.0 Å². The summed E-state index contributed by atoms with van der Waals surface area (Å²) in [5, 5.41) is 5.69. The average Bonchev–Trinajstić information content (AvgIpc) is 2.65. The molecule has 0 radical (unpaired) electrons. The van der Waals surface area contributed by atoms with E-state index >= 15 is 0 Å². The quantitative estimate of drug-likeness (QED) is 0.553. The number of rotatable bonds is 6. The van der Waals surface area contributed by atoms with Crippen LogP contribution >= 0.6 is 11.8 Å². The third-order valence-electron chi connectivity index (χ3n) is 4.13. The van der Waals surface area contributed by atoms with Crippen LogP contribution in [0.5, 0.6) is 0 Å². The number of aromatic nitrogens is 1. The highest BCUT2D eigenvalue weighted by Crippen LogP contribution is 2.27. The van der Waals surface area contributed by atoms with E-state index in [0.29, 0.717) is 17.1 Å². The summed E-state index contributed by atoms with van der Waals surface area (Å²) in [6.07, 6.45) is 1.67. The minimum Gasteiger partial charge on any atom is -0.322 e. The number of carbonyl (C=O) groups excluding carboxylic acids is 2. The predicted octanol–water partition coefficient (Wildman–Crippen LogP) is 5.20. The van der Waals surface area contributed by atoms with Crippen LogP contribution in [0.25, 0.3) is 0 Å². The maximum absolute atomic E-state index is 12.9. The second-order valence-electron chi connectivity index (χ2n) is 6.85. The fourth-order valence-electron chi connectivity index (χ4n) is 3.00. The molecule has 0 saturated heterocycles. The molecule has 0 aliphatic carbocycles. The molecule has 2 N–H and O–H groups in total. The lowest BCUT2D eigenvalue weighted by molar-refractivity contribution is -0.114. The summed E-state index contributed by atoms with van der Waals surface area (Å²) in [6.45, 7) is 5.47. The Balaban J connectivity index is 1.73. The average molecular weight is 406 g/mol. The van der Waals surface area contributed by atoms with Crippen molar-refractivity contribution in [3.8, 4) is 0 Å². The zero-order valence-corrected chi connectivity index (χ0v) is 17.5. The Bertz CT molecular complexity index is 1030. The van der Waals surface area contributed by atoms with Crippen molar-refractivity contribution in [2.75, 3.05) is 10.6 Å².